The summed E-state index contributed by atoms with van der Waals surface area (Å²) in [7, 11) is 2.00. The van der Waals surface area contributed by atoms with Crippen molar-refractivity contribution in [3.8, 4) is 0 Å². The molecular weight excluding hydrogens is 198 g/mol. The predicted octanol–water partition coefficient (Wildman–Crippen LogP) is 1.69. The molecule has 1 N–H and O–H groups in total. The van der Waals surface area contributed by atoms with Gasteiger partial charge < -0.3 is 14.8 Å². The first kappa shape index (κ1) is 11.7. The Morgan fingerprint density at radius 3 is 2.81 bits per heavy atom. The monoisotopic (exact) mass is 221 g/mol. The molecule has 1 saturated heterocycles. The molecule has 0 amide bonds. The Labute approximate surface area is 98.4 Å². The molecular formula is C13H23N3. The zero-order valence-corrected chi connectivity index (χ0v) is 10.3. The lowest BCUT2D eigenvalue weighted by Gasteiger charge is -2.15. The minimum absolute atomic E-state index is 0.969. The summed E-state index contributed by atoms with van der Waals surface area (Å²) in [5.41, 5.74) is 1.39. The molecule has 2 heterocycles. The van der Waals surface area contributed by atoms with Gasteiger partial charge in [-0.15, -0.1) is 0 Å². The molecule has 16 heavy (non-hydrogen) atoms. The van der Waals surface area contributed by atoms with Crippen molar-refractivity contribution in [1.29, 1.82) is 0 Å². The Morgan fingerprint density at radius 1 is 1.25 bits per heavy atom. The van der Waals surface area contributed by atoms with Crippen molar-refractivity contribution >= 4 is 0 Å². The molecule has 0 atom stereocenters. The molecule has 0 spiro atoms. The molecule has 2 rings (SSSR count). The van der Waals surface area contributed by atoms with Gasteiger partial charge in [0.2, 0.25) is 0 Å². The Kier molecular flexibility index (Phi) is 4.43. The fourth-order valence-electron chi connectivity index (χ4n) is 2.48. The van der Waals surface area contributed by atoms with Crippen LogP contribution in [0.5, 0.6) is 0 Å². The van der Waals surface area contributed by atoms with Crippen molar-refractivity contribution < 1.29 is 0 Å². The van der Waals surface area contributed by atoms with Gasteiger partial charge in [-0.1, -0.05) is 0 Å². The predicted molar refractivity (Wildman–Crippen MR) is 67.5 cm³/mol. The van der Waals surface area contributed by atoms with Crippen LogP contribution in [0.3, 0.4) is 0 Å². The minimum atomic E-state index is 0.969. The number of rotatable bonds is 6. The van der Waals surface area contributed by atoms with Gasteiger partial charge in [-0.05, 0) is 58.1 Å². The topological polar surface area (TPSA) is 20.2 Å². The van der Waals surface area contributed by atoms with E-state index in [0.717, 1.165) is 13.1 Å². The van der Waals surface area contributed by atoms with Crippen molar-refractivity contribution in [3.05, 3.63) is 24.0 Å². The molecule has 3 heteroatoms. The van der Waals surface area contributed by atoms with Gasteiger partial charge in [-0.3, -0.25) is 0 Å². The van der Waals surface area contributed by atoms with Gasteiger partial charge in [-0.2, -0.15) is 0 Å². The third-order valence-corrected chi connectivity index (χ3v) is 3.35. The molecule has 1 aromatic heterocycles. The first-order valence-electron chi connectivity index (χ1n) is 6.41. The molecule has 0 saturated carbocycles. The van der Waals surface area contributed by atoms with Crippen LogP contribution in [-0.4, -0.2) is 36.1 Å². The van der Waals surface area contributed by atoms with E-state index in [-0.39, 0.29) is 0 Å². The summed E-state index contributed by atoms with van der Waals surface area (Å²) in [6, 6.07) is 4.34. The minimum Gasteiger partial charge on any atom is -0.350 e. The Balaban J connectivity index is 1.73. The lowest BCUT2D eigenvalue weighted by atomic mass is 10.3. The summed E-state index contributed by atoms with van der Waals surface area (Å²) in [4.78, 5) is 2.58. The van der Waals surface area contributed by atoms with Crippen molar-refractivity contribution in [2.75, 3.05) is 26.7 Å². The summed E-state index contributed by atoms with van der Waals surface area (Å²) in [6.45, 7) is 6.01. The zero-order valence-electron chi connectivity index (χ0n) is 10.3. The van der Waals surface area contributed by atoms with Crippen molar-refractivity contribution in [3.63, 3.8) is 0 Å². The summed E-state index contributed by atoms with van der Waals surface area (Å²) < 4.78 is 2.37. The SMILES string of the molecule is CNCc1cccn1CCCN1CCCC1. The van der Waals surface area contributed by atoms with Gasteiger partial charge in [0.25, 0.3) is 0 Å². The second-order valence-electron chi connectivity index (χ2n) is 4.63. The van der Waals surface area contributed by atoms with Crippen LogP contribution in [-0.2, 0) is 13.1 Å². The van der Waals surface area contributed by atoms with E-state index in [9.17, 15) is 0 Å². The van der Waals surface area contributed by atoms with E-state index in [1.165, 1.54) is 44.6 Å². The number of hydrogen-bond donors (Lipinski definition) is 1. The molecule has 1 aromatic rings. The smallest absolute Gasteiger partial charge is 0.0356 e. The van der Waals surface area contributed by atoms with Gasteiger partial charge >= 0.3 is 0 Å². The quantitative estimate of drug-likeness (QED) is 0.789. The summed E-state index contributed by atoms with van der Waals surface area (Å²) in [5, 5.41) is 3.21. The number of nitrogens with zero attached hydrogens (tertiary/aromatic N) is 2. The number of hydrogen-bond acceptors (Lipinski definition) is 2. The van der Waals surface area contributed by atoms with Crippen LogP contribution < -0.4 is 5.32 Å². The second-order valence-corrected chi connectivity index (χ2v) is 4.63. The number of likely N-dealkylation sites (tertiary alicyclic amines) is 1. The Hall–Kier alpha value is -0.800. The lowest BCUT2D eigenvalue weighted by Crippen LogP contribution is -2.22. The summed E-state index contributed by atoms with van der Waals surface area (Å²) in [6.07, 6.45) is 6.26. The fraction of sp³-hybridized carbons (Fsp3) is 0.692. The molecule has 1 aliphatic heterocycles. The first-order chi connectivity index (χ1) is 7.90. The first-order valence-corrected chi connectivity index (χ1v) is 6.41. The summed E-state index contributed by atoms with van der Waals surface area (Å²) in [5.74, 6) is 0. The number of nitrogens with one attached hydrogen (secondary N) is 1. The van der Waals surface area contributed by atoms with Crippen LogP contribution in [0.4, 0.5) is 0 Å². The molecule has 90 valence electrons. The zero-order chi connectivity index (χ0) is 11.2. The molecule has 0 aromatic carbocycles. The third kappa shape index (κ3) is 3.09. The van der Waals surface area contributed by atoms with Crippen LogP contribution in [0.25, 0.3) is 0 Å². The fourth-order valence-corrected chi connectivity index (χ4v) is 2.48. The van der Waals surface area contributed by atoms with Gasteiger partial charge in [-0.25, -0.2) is 0 Å². The second kappa shape index (κ2) is 6.06. The van der Waals surface area contributed by atoms with Gasteiger partial charge in [0.1, 0.15) is 0 Å². The van der Waals surface area contributed by atoms with E-state index in [4.69, 9.17) is 0 Å². The van der Waals surface area contributed by atoms with E-state index < -0.39 is 0 Å². The summed E-state index contributed by atoms with van der Waals surface area (Å²) >= 11 is 0. The molecule has 1 fully saturated rings. The maximum absolute atomic E-state index is 3.21. The van der Waals surface area contributed by atoms with E-state index >= 15 is 0 Å². The van der Waals surface area contributed by atoms with E-state index in [1.807, 2.05) is 7.05 Å². The molecule has 0 radical (unpaired) electrons. The van der Waals surface area contributed by atoms with Crippen LogP contribution >= 0.6 is 0 Å². The van der Waals surface area contributed by atoms with Crippen LogP contribution in [0.15, 0.2) is 18.3 Å². The van der Waals surface area contributed by atoms with Crippen LogP contribution in [0.2, 0.25) is 0 Å². The molecule has 0 aliphatic carbocycles. The van der Waals surface area contributed by atoms with E-state index in [1.54, 1.807) is 0 Å². The number of aryl methyl sites for hydroxylation is 1. The molecule has 3 nitrogen and oxygen atoms in total. The van der Waals surface area contributed by atoms with Crippen molar-refractivity contribution in [1.82, 2.24) is 14.8 Å². The molecule has 0 unspecified atom stereocenters. The molecule has 1 aliphatic rings. The van der Waals surface area contributed by atoms with Crippen LogP contribution in [0.1, 0.15) is 25.0 Å². The van der Waals surface area contributed by atoms with E-state index in [0.29, 0.717) is 0 Å². The van der Waals surface area contributed by atoms with E-state index in [2.05, 4.69) is 33.1 Å². The van der Waals surface area contributed by atoms with Gasteiger partial charge in [0.05, 0.1) is 0 Å². The largest absolute Gasteiger partial charge is 0.350 e. The maximum atomic E-state index is 3.21. The van der Waals surface area contributed by atoms with Crippen LogP contribution in [0, 0.1) is 0 Å². The lowest BCUT2D eigenvalue weighted by molar-refractivity contribution is 0.324. The average Bonchev–Trinajstić information content (AvgIpc) is 2.91. The molecule has 0 bridgehead atoms. The van der Waals surface area contributed by atoms with Gasteiger partial charge in [0, 0.05) is 25.0 Å². The Bertz CT molecular complexity index is 300. The highest BCUT2D eigenvalue weighted by molar-refractivity contribution is 5.06. The normalized spacial score (nSPS) is 17.1. The number of aromatic nitrogens is 1. The highest BCUT2D eigenvalue weighted by Gasteiger charge is 2.10. The maximum Gasteiger partial charge on any atom is 0.0356 e. The van der Waals surface area contributed by atoms with Gasteiger partial charge in [0.15, 0.2) is 0 Å². The standard InChI is InChI=1S/C13H23N3/c1-14-12-13-6-4-10-16(13)11-5-9-15-7-2-3-8-15/h4,6,10,14H,2-3,5,7-9,11-12H2,1H3. The van der Waals surface area contributed by atoms with Crippen molar-refractivity contribution in [2.24, 2.45) is 0 Å². The highest BCUT2D eigenvalue weighted by atomic mass is 15.1. The third-order valence-electron chi connectivity index (χ3n) is 3.35. The average molecular weight is 221 g/mol. The highest BCUT2D eigenvalue weighted by Crippen LogP contribution is 2.09. The Morgan fingerprint density at radius 2 is 2.06 bits per heavy atom. The van der Waals surface area contributed by atoms with Crippen molar-refractivity contribution in [2.45, 2.75) is 32.4 Å².